The minimum absolute atomic E-state index is 0.106. The quantitative estimate of drug-likeness (QED) is 0.750. The van der Waals surface area contributed by atoms with Crippen molar-refractivity contribution >= 4 is 11.8 Å². The van der Waals surface area contributed by atoms with Crippen LogP contribution in [0.4, 0.5) is 0 Å². The van der Waals surface area contributed by atoms with E-state index in [1.54, 1.807) is 0 Å². The van der Waals surface area contributed by atoms with Crippen molar-refractivity contribution in [3.8, 4) is 0 Å². The Morgan fingerprint density at radius 2 is 1.93 bits per heavy atom. The lowest BCUT2D eigenvalue weighted by atomic mass is 9.72. The highest BCUT2D eigenvalue weighted by Gasteiger charge is 2.40. The van der Waals surface area contributed by atoms with E-state index in [0.29, 0.717) is 26.1 Å². The number of piperidine rings is 2. The summed E-state index contributed by atoms with van der Waals surface area (Å²) in [5.41, 5.74) is 1.48. The third kappa shape index (κ3) is 5.42. The molecule has 2 heterocycles. The van der Waals surface area contributed by atoms with Crippen molar-refractivity contribution in [2.24, 2.45) is 5.41 Å². The molecule has 3 rings (SSSR count). The van der Waals surface area contributed by atoms with Gasteiger partial charge in [0.05, 0.1) is 6.54 Å². The van der Waals surface area contributed by atoms with Gasteiger partial charge < -0.3 is 10.2 Å². The Hall–Kier alpha value is -2.14. The molecule has 1 spiro atoms. The fraction of sp³-hybridized carbons (Fsp3) is 0.545. The summed E-state index contributed by atoms with van der Waals surface area (Å²) in [6.45, 7) is 8.27. The van der Waals surface area contributed by atoms with Gasteiger partial charge in [0, 0.05) is 26.1 Å². The smallest absolute Gasteiger partial charge is 0.234 e. The summed E-state index contributed by atoms with van der Waals surface area (Å²) in [6.07, 6.45) is 6.43. The zero-order valence-corrected chi connectivity index (χ0v) is 16.2. The van der Waals surface area contributed by atoms with Crippen molar-refractivity contribution in [3.05, 3.63) is 48.6 Å². The lowest BCUT2D eigenvalue weighted by Crippen LogP contribution is -2.52. The van der Waals surface area contributed by atoms with E-state index < -0.39 is 0 Å². The van der Waals surface area contributed by atoms with Crippen LogP contribution in [0.25, 0.3) is 0 Å². The molecule has 2 aliphatic rings. The molecule has 2 amide bonds. The van der Waals surface area contributed by atoms with Gasteiger partial charge >= 0.3 is 0 Å². The number of nitrogens with zero attached hydrogens (tertiary/aromatic N) is 2. The van der Waals surface area contributed by atoms with Crippen LogP contribution in [-0.4, -0.2) is 60.9 Å². The van der Waals surface area contributed by atoms with Crippen LogP contribution in [0.1, 0.15) is 31.2 Å². The van der Waals surface area contributed by atoms with Gasteiger partial charge in [-0.1, -0.05) is 36.4 Å². The van der Waals surface area contributed by atoms with Crippen LogP contribution >= 0.6 is 0 Å². The molecule has 0 aromatic heterocycles. The van der Waals surface area contributed by atoms with E-state index in [2.05, 4.69) is 28.9 Å². The Kier molecular flexibility index (Phi) is 6.67. The number of hydrogen-bond donors (Lipinski definition) is 1. The molecule has 2 aliphatic heterocycles. The SMILES string of the molecule is C=CCN1CC2(CCC1=O)CCN(CC(=O)NCCc1ccccc1)CC2. The van der Waals surface area contributed by atoms with E-state index in [-0.39, 0.29) is 17.2 Å². The van der Waals surface area contributed by atoms with Crippen LogP contribution in [-0.2, 0) is 16.0 Å². The van der Waals surface area contributed by atoms with Gasteiger partial charge in [-0.2, -0.15) is 0 Å². The van der Waals surface area contributed by atoms with Crippen molar-refractivity contribution < 1.29 is 9.59 Å². The average molecular weight is 370 g/mol. The first-order valence-corrected chi connectivity index (χ1v) is 10.0. The number of nitrogens with one attached hydrogen (secondary N) is 1. The number of carbonyl (C=O) groups is 2. The molecule has 5 nitrogen and oxygen atoms in total. The van der Waals surface area contributed by atoms with Crippen molar-refractivity contribution in [2.45, 2.75) is 32.1 Å². The zero-order valence-electron chi connectivity index (χ0n) is 16.2. The Morgan fingerprint density at radius 1 is 1.19 bits per heavy atom. The third-order valence-electron chi connectivity index (χ3n) is 5.96. The molecule has 1 aromatic rings. The summed E-state index contributed by atoms with van der Waals surface area (Å²) in [7, 11) is 0. The normalized spacial score (nSPS) is 19.9. The standard InChI is InChI=1S/C22H31N3O2/c1-2-14-25-18-22(10-8-21(25)27)11-15-24(16-12-22)17-20(26)23-13-9-19-6-4-3-5-7-19/h2-7H,1,8-18H2,(H,23,26). The monoisotopic (exact) mass is 369 g/mol. The van der Waals surface area contributed by atoms with Crippen LogP contribution in [0, 0.1) is 5.41 Å². The summed E-state index contributed by atoms with van der Waals surface area (Å²) in [5.74, 6) is 0.356. The number of benzene rings is 1. The van der Waals surface area contributed by atoms with Gasteiger partial charge in [-0.3, -0.25) is 14.5 Å². The lowest BCUT2D eigenvalue weighted by Gasteiger charge is -2.47. The second-order valence-corrected chi connectivity index (χ2v) is 7.92. The van der Waals surface area contributed by atoms with Crippen LogP contribution in [0.2, 0.25) is 0 Å². The summed E-state index contributed by atoms with van der Waals surface area (Å²) in [4.78, 5) is 28.5. The minimum Gasteiger partial charge on any atom is -0.355 e. The molecule has 2 fully saturated rings. The summed E-state index contributed by atoms with van der Waals surface area (Å²) < 4.78 is 0. The van der Waals surface area contributed by atoms with E-state index in [9.17, 15) is 9.59 Å². The first-order chi connectivity index (χ1) is 13.1. The maximum atomic E-state index is 12.2. The predicted molar refractivity (Wildman–Crippen MR) is 107 cm³/mol. The largest absolute Gasteiger partial charge is 0.355 e. The van der Waals surface area contributed by atoms with E-state index in [1.807, 2.05) is 29.2 Å². The fourth-order valence-electron chi connectivity index (χ4n) is 4.27. The molecule has 146 valence electrons. The van der Waals surface area contributed by atoms with Crippen molar-refractivity contribution in [3.63, 3.8) is 0 Å². The van der Waals surface area contributed by atoms with Crippen LogP contribution in [0.3, 0.4) is 0 Å². The molecule has 0 saturated carbocycles. The minimum atomic E-state index is 0.106. The lowest BCUT2D eigenvalue weighted by molar-refractivity contribution is -0.138. The van der Waals surface area contributed by atoms with Gasteiger partial charge in [0.1, 0.15) is 0 Å². The molecule has 1 aromatic carbocycles. The topological polar surface area (TPSA) is 52.7 Å². The number of likely N-dealkylation sites (tertiary alicyclic amines) is 2. The maximum Gasteiger partial charge on any atom is 0.234 e. The van der Waals surface area contributed by atoms with Crippen LogP contribution in [0.15, 0.2) is 43.0 Å². The van der Waals surface area contributed by atoms with E-state index in [0.717, 1.165) is 45.3 Å². The molecule has 0 radical (unpaired) electrons. The van der Waals surface area contributed by atoms with Crippen molar-refractivity contribution in [2.75, 3.05) is 39.3 Å². The highest BCUT2D eigenvalue weighted by molar-refractivity contribution is 5.78. The Bertz CT molecular complexity index is 651. The number of hydrogen-bond acceptors (Lipinski definition) is 3. The first-order valence-electron chi connectivity index (χ1n) is 10.0. The van der Waals surface area contributed by atoms with Crippen molar-refractivity contribution in [1.29, 1.82) is 0 Å². The Labute approximate surface area is 162 Å². The summed E-state index contributed by atoms with van der Waals surface area (Å²) in [5, 5.41) is 3.03. The maximum absolute atomic E-state index is 12.2. The molecule has 0 bridgehead atoms. The van der Waals surface area contributed by atoms with Crippen LogP contribution in [0.5, 0.6) is 0 Å². The average Bonchev–Trinajstić information content (AvgIpc) is 2.68. The second kappa shape index (κ2) is 9.18. The molecule has 2 saturated heterocycles. The van der Waals surface area contributed by atoms with Crippen molar-refractivity contribution in [1.82, 2.24) is 15.1 Å². The number of amides is 2. The molecule has 0 aliphatic carbocycles. The van der Waals surface area contributed by atoms with Gasteiger partial charge in [0.2, 0.25) is 11.8 Å². The highest BCUT2D eigenvalue weighted by atomic mass is 16.2. The van der Waals surface area contributed by atoms with E-state index in [4.69, 9.17) is 0 Å². The van der Waals surface area contributed by atoms with Gasteiger partial charge in [-0.15, -0.1) is 6.58 Å². The van der Waals surface area contributed by atoms with E-state index >= 15 is 0 Å². The summed E-state index contributed by atoms with van der Waals surface area (Å²) in [6, 6.07) is 10.2. The molecule has 0 unspecified atom stereocenters. The molecule has 0 atom stereocenters. The fourth-order valence-corrected chi connectivity index (χ4v) is 4.27. The highest BCUT2D eigenvalue weighted by Crippen LogP contribution is 2.40. The zero-order chi connectivity index (χ0) is 19.1. The number of rotatable bonds is 7. The predicted octanol–water partition coefficient (Wildman–Crippen LogP) is 2.24. The molecular formula is C22H31N3O2. The first kappa shape index (κ1) is 19.6. The Balaban J connectivity index is 1.39. The van der Waals surface area contributed by atoms with Crippen LogP contribution < -0.4 is 5.32 Å². The van der Waals surface area contributed by atoms with Gasteiger partial charge in [-0.05, 0) is 49.8 Å². The van der Waals surface area contributed by atoms with Gasteiger partial charge in [0.15, 0.2) is 0 Å². The van der Waals surface area contributed by atoms with E-state index in [1.165, 1.54) is 5.56 Å². The van der Waals surface area contributed by atoms with Gasteiger partial charge in [-0.25, -0.2) is 0 Å². The van der Waals surface area contributed by atoms with Gasteiger partial charge in [0.25, 0.3) is 0 Å². The molecule has 5 heteroatoms. The summed E-state index contributed by atoms with van der Waals surface area (Å²) >= 11 is 0. The molecule has 1 N–H and O–H groups in total. The molecule has 27 heavy (non-hydrogen) atoms. The third-order valence-corrected chi connectivity index (χ3v) is 5.96. The molecular weight excluding hydrogens is 338 g/mol. The Morgan fingerprint density at radius 3 is 2.63 bits per heavy atom. The number of carbonyl (C=O) groups excluding carboxylic acids is 2. The second-order valence-electron chi connectivity index (χ2n) is 7.92.